The van der Waals surface area contributed by atoms with Gasteiger partial charge in [0.1, 0.15) is 5.84 Å². The predicted molar refractivity (Wildman–Crippen MR) is 99.1 cm³/mol. The zero-order chi connectivity index (χ0) is 18.6. The van der Waals surface area contributed by atoms with Gasteiger partial charge in [0.05, 0.1) is 29.1 Å². The van der Waals surface area contributed by atoms with Gasteiger partial charge in [-0.1, -0.05) is 25.4 Å². The van der Waals surface area contributed by atoms with Crippen LogP contribution in [0.1, 0.15) is 24.2 Å². The second-order valence-electron chi connectivity index (χ2n) is 5.63. The van der Waals surface area contributed by atoms with Crippen LogP contribution in [0.25, 0.3) is 11.3 Å². The third-order valence-electron chi connectivity index (χ3n) is 3.54. The Hall–Kier alpha value is -2.64. The highest BCUT2D eigenvalue weighted by Crippen LogP contribution is 2.27. The van der Waals surface area contributed by atoms with Crippen LogP contribution in [0.4, 0.5) is 5.69 Å². The number of aromatic nitrogens is 1. The van der Waals surface area contributed by atoms with Crippen LogP contribution in [0.3, 0.4) is 0 Å². The second kappa shape index (κ2) is 7.96. The Balaban J connectivity index is 2.58. The number of anilines is 1. The van der Waals surface area contributed by atoms with E-state index >= 15 is 0 Å². The molecule has 2 aromatic rings. The molecular formula is C17H20ClN5O2. The van der Waals surface area contributed by atoms with E-state index in [-0.39, 0.29) is 5.92 Å². The standard InChI is InChI=1S/C17H20ClN5O2/c1-10(2)16(22-19)23(20)14-7-11(6-12(8-14)17(24)25-3)15-5-4-13(18)9-21-15/h4-10H,19-20H2,1-3H3/b22-16-. The van der Waals surface area contributed by atoms with E-state index in [0.717, 1.165) is 0 Å². The van der Waals surface area contributed by atoms with E-state index in [2.05, 4.69) is 10.1 Å². The molecule has 0 fully saturated rings. The third-order valence-corrected chi connectivity index (χ3v) is 3.76. The number of hydrazine groups is 1. The topological polar surface area (TPSA) is 107 Å². The van der Waals surface area contributed by atoms with Crippen LogP contribution in [0, 0.1) is 5.92 Å². The molecule has 2 rings (SSSR count). The van der Waals surface area contributed by atoms with E-state index in [9.17, 15) is 4.79 Å². The number of carbonyl (C=O) groups excluding carboxylic acids is 1. The molecule has 8 heteroatoms. The molecule has 0 radical (unpaired) electrons. The maximum absolute atomic E-state index is 12.0. The Morgan fingerprint density at radius 3 is 2.56 bits per heavy atom. The molecule has 1 aromatic heterocycles. The Morgan fingerprint density at radius 1 is 1.32 bits per heavy atom. The number of nitrogens with zero attached hydrogens (tertiary/aromatic N) is 3. The van der Waals surface area contributed by atoms with Gasteiger partial charge in [0, 0.05) is 17.7 Å². The van der Waals surface area contributed by atoms with Gasteiger partial charge in [0.2, 0.25) is 0 Å². The maximum atomic E-state index is 12.0. The largest absolute Gasteiger partial charge is 0.465 e. The van der Waals surface area contributed by atoms with Crippen LogP contribution >= 0.6 is 11.6 Å². The molecular weight excluding hydrogens is 342 g/mol. The summed E-state index contributed by atoms with van der Waals surface area (Å²) in [6.07, 6.45) is 1.53. The van der Waals surface area contributed by atoms with Crippen molar-refractivity contribution in [1.82, 2.24) is 4.98 Å². The summed E-state index contributed by atoms with van der Waals surface area (Å²) in [5, 5.41) is 5.60. The lowest BCUT2D eigenvalue weighted by Crippen LogP contribution is -2.41. The number of pyridine rings is 1. The van der Waals surface area contributed by atoms with Crippen LogP contribution in [-0.4, -0.2) is 23.9 Å². The Kier molecular flexibility index (Phi) is 5.95. The minimum atomic E-state index is -0.485. The normalized spacial score (nSPS) is 11.5. The van der Waals surface area contributed by atoms with Crippen molar-refractivity contribution >= 4 is 29.1 Å². The molecule has 0 amide bonds. The van der Waals surface area contributed by atoms with Gasteiger partial charge in [0.15, 0.2) is 0 Å². The Bertz CT molecular complexity index is 790. The molecule has 1 aromatic carbocycles. The van der Waals surface area contributed by atoms with Crippen molar-refractivity contribution in [3.8, 4) is 11.3 Å². The number of ether oxygens (including phenoxy) is 1. The van der Waals surface area contributed by atoms with Gasteiger partial charge in [-0.25, -0.2) is 10.6 Å². The van der Waals surface area contributed by atoms with Crippen molar-refractivity contribution in [2.75, 3.05) is 12.1 Å². The molecule has 25 heavy (non-hydrogen) atoms. The number of nitrogens with two attached hydrogens (primary N) is 2. The predicted octanol–water partition coefficient (Wildman–Crippen LogP) is 2.80. The fraction of sp³-hybridized carbons (Fsp3) is 0.235. The third kappa shape index (κ3) is 4.26. The molecule has 0 bridgehead atoms. The van der Waals surface area contributed by atoms with Gasteiger partial charge in [0.25, 0.3) is 0 Å². The summed E-state index contributed by atoms with van der Waals surface area (Å²) >= 11 is 5.89. The molecule has 0 unspecified atom stereocenters. The first-order valence-corrected chi connectivity index (χ1v) is 7.93. The molecule has 0 atom stereocenters. The summed E-state index contributed by atoms with van der Waals surface area (Å²) < 4.78 is 4.82. The first-order valence-electron chi connectivity index (χ1n) is 7.55. The smallest absolute Gasteiger partial charge is 0.337 e. The van der Waals surface area contributed by atoms with E-state index in [4.69, 9.17) is 28.0 Å². The fourth-order valence-corrected chi connectivity index (χ4v) is 2.41. The zero-order valence-electron chi connectivity index (χ0n) is 14.2. The number of rotatable bonds is 4. The summed E-state index contributed by atoms with van der Waals surface area (Å²) in [6.45, 7) is 3.83. The Labute approximate surface area is 151 Å². The van der Waals surface area contributed by atoms with Crippen molar-refractivity contribution in [1.29, 1.82) is 0 Å². The molecule has 0 aliphatic rings. The maximum Gasteiger partial charge on any atom is 0.337 e. The second-order valence-corrected chi connectivity index (χ2v) is 6.07. The number of carbonyl (C=O) groups is 1. The summed E-state index contributed by atoms with van der Waals surface area (Å²) in [6, 6.07) is 8.54. The van der Waals surface area contributed by atoms with Gasteiger partial charge < -0.3 is 10.6 Å². The van der Waals surface area contributed by atoms with Crippen LogP contribution < -0.4 is 16.7 Å². The fourth-order valence-electron chi connectivity index (χ4n) is 2.30. The van der Waals surface area contributed by atoms with Gasteiger partial charge in [-0.15, -0.1) is 0 Å². The van der Waals surface area contributed by atoms with E-state index < -0.39 is 5.97 Å². The van der Waals surface area contributed by atoms with Gasteiger partial charge in [-0.3, -0.25) is 9.99 Å². The number of hydrogen-bond donors (Lipinski definition) is 2. The first-order chi connectivity index (χ1) is 11.9. The van der Waals surface area contributed by atoms with E-state index in [1.165, 1.54) is 18.3 Å². The molecule has 7 nitrogen and oxygen atoms in total. The minimum Gasteiger partial charge on any atom is -0.465 e. The van der Waals surface area contributed by atoms with Crippen molar-refractivity contribution in [3.63, 3.8) is 0 Å². The Morgan fingerprint density at radius 2 is 2.04 bits per heavy atom. The van der Waals surface area contributed by atoms with Crippen molar-refractivity contribution in [2.24, 2.45) is 22.7 Å². The van der Waals surface area contributed by atoms with Crippen LogP contribution in [0.2, 0.25) is 5.02 Å². The number of esters is 1. The molecule has 0 saturated heterocycles. The first kappa shape index (κ1) is 18.7. The summed E-state index contributed by atoms with van der Waals surface area (Å²) in [5.41, 5.74) is 2.20. The minimum absolute atomic E-state index is 0.00566. The van der Waals surface area contributed by atoms with Crippen molar-refractivity contribution in [2.45, 2.75) is 13.8 Å². The monoisotopic (exact) mass is 361 g/mol. The number of benzene rings is 1. The van der Waals surface area contributed by atoms with Gasteiger partial charge in [-0.2, -0.15) is 5.10 Å². The SMILES string of the molecule is COC(=O)c1cc(-c2ccc(Cl)cn2)cc(N(N)/C(=N\N)C(C)C)c1. The number of halogens is 1. The van der Waals surface area contributed by atoms with Crippen LogP contribution in [0.5, 0.6) is 0 Å². The lowest BCUT2D eigenvalue weighted by Gasteiger charge is -2.23. The molecule has 0 saturated carbocycles. The van der Waals surface area contributed by atoms with Crippen LogP contribution in [0.15, 0.2) is 41.6 Å². The van der Waals surface area contributed by atoms with E-state index in [1.54, 1.807) is 30.3 Å². The van der Waals surface area contributed by atoms with E-state index in [1.807, 2.05) is 13.8 Å². The lowest BCUT2D eigenvalue weighted by atomic mass is 10.0. The average Bonchev–Trinajstić information content (AvgIpc) is 2.61. The van der Waals surface area contributed by atoms with Crippen molar-refractivity contribution in [3.05, 3.63) is 47.1 Å². The lowest BCUT2D eigenvalue weighted by molar-refractivity contribution is 0.0601. The average molecular weight is 362 g/mol. The quantitative estimate of drug-likeness (QED) is 0.285. The summed E-state index contributed by atoms with van der Waals surface area (Å²) in [7, 11) is 1.32. The molecule has 1 heterocycles. The highest BCUT2D eigenvalue weighted by molar-refractivity contribution is 6.30. The molecule has 0 spiro atoms. The number of amidine groups is 1. The van der Waals surface area contributed by atoms with Crippen LogP contribution in [-0.2, 0) is 4.74 Å². The molecule has 4 N–H and O–H groups in total. The molecule has 132 valence electrons. The van der Waals surface area contributed by atoms with E-state index in [0.29, 0.717) is 33.4 Å². The zero-order valence-corrected chi connectivity index (χ0v) is 15.0. The summed E-state index contributed by atoms with van der Waals surface area (Å²) in [5.74, 6) is 11.6. The molecule has 0 aliphatic carbocycles. The number of hydrazone groups is 1. The highest BCUT2D eigenvalue weighted by atomic mass is 35.5. The molecule has 0 aliphatic heterocycles. The van der Waals surface area contributed by atoms with Gasteiger partial charge >= 0.3 is 5.97 Å². The van der Waals surface area contributed by atoms with Gasteiger partial charge in [-0.05, 0) is 30.3 Å². The number of methoxy groups -OCH3 is 1. The summed E-state index contributed by atoms with van der Waals surface area (Å²) in [4.78, 5) is 16.3. The number of hydrogen-bond acceptors (Lipinski definition) is 6. The van der Waals surface area contributed by atoms with Crippen molar-refractivity contribution < 1.29 is 9.53 Å². The highest BCUT2D eigenvalue weighted by Gasteiger charge is 2.18.